The molecule has 4 aliphatic heterocycles. The number of benzene rings is 2. The summed E-state index contributed by atoms with van der Waals surface area (Å²) in [6.45, 7) is 4.35. The molecule has 10 nitrogen and oxygen atoms in total. The Morgan fingerprint density at radius 1 is 0.588 bits per heavy atom. The highest BCUT2D eigenvalue weighted by molar-refractivity contribution is 5.77. The number of ether oxygens (including phenoxy) is 2. The van der Waals surface area contributed by atoms with Crippen molar-refractivity contribution in [1.29, 1.82) is 0 Å². The molecule has 0 spiro atoms. The summed E-state index contributed by atoms with van der Waals surface area (Å²) >= 11 is 0. The molecule has 2 N–H and O–H groups in total. The predicted octanol–water partition coefficient (Wildman–Crippen LogP) is 13.4. The average molecular weight is 945 g/mol. The van der Waals surface area contributed by atoms with E-state index in [1.807, 2.05) is 24.3 Å². The maximum Gasteiger partial charge on any atom is 0.314 e. The van der Waals surface area contributed by atoms with Gasteiger partial charge < -0.3 is 34.3 Å². The molecule has 4 heterocycles. The SMILES string of the molecule is C/C=C\CCCCCCCC=O.CCCCCC/C=C\CCCC(=O)OCC(C(=O)O)c1ccccc1.CN1C2CCCC1CC2.CN1C2CCCC1CC2.COCC(C(=O)O)c1ccccc1. The van der Waals surface area contributed by atoms with E-state index in [9.17, 15) is 24.3 Å². The molecule has 2 aromatic rings. The first-order valence-electron chi connectivity index (χ1n) is 26.4. The van der Waals surface area contributed by atoms with Crippen molar-refractivity contribution in [3.05, 3.63) is 96.1 Å². The monoisotopic (exact) mass is 945 g/mol. The predicted molar refractivity (Wildman–Crippen MR) is 278 cm³/mol. The number of allylic oxidation sites excluding steroid dienone is 4. The standard InChI is InChI=1S/C21H30O4.C11H20O.C10H12O3.2C8H15N/c1-2-3-4-5-6-7-8-9-13-16-20(22)25-17-19(21(23)24)18-14-11-10-12-15-18;1-2-3-4-5-6-7-8-9-10-11-12;1-13-7-9(10(11)12)8-5-3-2-4-6-8;2*1-9-7-3-2-4-8(9)6-5-7/h7-8,10-12,14-15,19H,2-6,9,13,16-17H2,1H3,(H,23,24);2-3,11H,4-10H2,1H3;2-6,9H,7H2,1H3,(H,11,12);2*7-8H,2-6H2,1H3/b8-7-;3-2-;;;. The summed E-state index contributed by atoms with van der Waals surface area (Å²) in [6.07, 6.45) is 40.5. The lowest BCUT2D eigenvalue weighted by Crippen LogP contribution is -2.35. The fourth-order valence-electron chi connectivity index (χ4n) is 9.63. The number of carbonyl (C=O) groups excluding carboxylic acids is 2. The van der Waals surface area contributed by atoms with Crippen LogP contribution in [0.4, 0.5) is 0 Å². The van der Waals surface area contributed by atoms with Crippen LogP contribution in [-0.2, 0) is 28.7 Å². The van der Waals surface area contributed by atoms with Gasteiger partial charge in [-0.3, -0.25) is 14.4 Å². The largest absolute Gasteiger partial charge is 0.481 e. The van der Waals surface area contributed by atoms with E-state index >= 15 is 0 Å². The van der Waals surface area contributed by atoms with Crippen molar-refractivity contribution in [2.45, 2.75) is 210 Å². The van der Waals surface area contributed by atoms with Gasteiger partial charge in [0.15, 0.2) is 0 Å². The zero-order chi connectivity index (χ0) is 49.6. The van der Waals surface area contributed by atoms with Crippen LogP contribution in [0.3, 0.4) is 0 Å². The molecule has 0 saturated carbocycles. The highest BCUT2D eigenvalue weighted by Gasteiger charge is 2.34. The minimum atomic E-state index is -0.981. The Morgan fingerprint density at radius 3 is 1.41 bits per heavy atom. The molecule has 382 valence electrons. The van der Waals surface area contributed by atoms with Crippen LogP contribution < -0.4 is 0 Å². The Kier molecular flexibility index (Phi) is 34.1. The van der Waals surface area contributed by atoms with E-state index in [4.69, 9.17) is 14.6 Å². The maximum absolute atomic E-state index is 11.8. The molecular weight excluding hydrogens is 853 g/mol. The van der Waals surface area contributed by atoms with Crippen LogP contribution in [0.15, 0.2) is 85.0 Å². The zero-order valence-electron chi connectivity index (χ0n) is 43.0. The van der Waals surface area contributed by atoms with Crippen LogP contribution in [0.5, 0.6) is 0 Å². The smallest absolute Gasteiger partial charge is 0.314 e. The Morgan fingerprint density at radius 2 is 1.00 bits per heavy atom. The minimum Gasteiger partial charge on any atom is -0.481 e. The second kappa shape index (κ2) is 38.7. The molecule has 2 aromatic carbocycles. The van der Waals surface area contributed by atoms with Gasteiger partial charge in [-0.15, -0.1) is 0 Å². The lowest BCUT2D eigenvalue weighted by molar-refractivity contribution is -0.148. The lowest BCUT2D eigenvalue weighted by Gasteiger charge is -2.30. The van der Waals surface area contributed by atoms with Gasteiger partial charge in [-0.05, 0) is 128 Å². The molecule has 0 radical (unpaired) electrons. The van der Waals surface area contributed by atoms with Gasteiger partial charge in [-0.1, -0.05) is 143 Å². The van der Waals surface area contributed by atoms with Crippen molar-refractivity contribution in [3.8, 4) is 0 Å². The van der Waals surface area contributed by atoms with Crippen molar-refractivity contribution >= 4 is 24.2 Å². The van der Waals surface area contributed by atoms with Crippen LogP contribution >= 0.6 is 0 Å². The van der Waals surface area contributed by atoms with Gasteiger partial charge >= 0.3 is 17.9 Å². The Hall–Kier alpha value is -4.12. The number of aliphatic carboxylic acids is 2. The number of carboxylic acids is 2. The van der Waals surface area contributed by atoms with E-state index in [0.29, 0.717) is 12.0 Å². The molecule has 4 bridgehead atoms. The molecule has 10 heteroatoms. The van der Waals surface area contributed by atoms with Crippen molar-refractivity contribution in [3.63, 3.8) is 0 Å². The summed E-state index contributed by atoms with van der Waals surface area (Å²) in [6, 6.07) is 21.8. The third kappa shape index (κ3) is 26.0. The molecule has 0 aromatic heterocycles. The number of esters is 1. The van der Waals surface area contributed by atoms with Crippen LogP contribution in [-0.4, -0.2) is 103 Å². The van der Waals surface area contributed by atoms with Crippen LogP contribution in [0, 0.1) is 0 Å². The van der Waals surface area contributed by atoms with Crippen molar-refractivity contribution < 1.29 is 38.9 Å². The normalized spacial score (nSPS) is 20.3. The number of piperidine rings is 2. The van der Waals surface area contributed by atoms with Crippen LogP contribution in [0.1, 0.15) is 197 Å². The van der Waals surface area contributed by atoms with Gasteiger partial charge in [-0.25, -0.2) is 0 Å². The molecule has 6 unspecified atom stereocenters. The quantitative estimate of drug-likeness (QED) is 0.0429. The van der Waals surface area contributed by atoms with Gasteiger partial charge in [0, 0.05) is 44.1 Å². The van der Waals surface area contributed by atoms with E-state index in [1.165, 1.54) is 129 Å². The molecule has 6 atom stereocenters. The molecule has 4 fully saturated rings. The highest BCUT2D eigenvalue weighted by atomic mass is 16.5. The third-order valence-corrected chi connectivity index (χ3v) is 13.9. The van der Waals surface area contributed by atoms with Gasteiger partial charge in [0.05, 0.1) is 6.61 Å². The number of carboxylic acid groups (broad SMARTS) is 2. The molecule has 4 aliphatic rings. The van der Waals surface area contributed by atoms with Gasteiger partial charge in [-0.2, -0.15) is 0 Å². The average Bonchev–Trinajstić information content (AvgIpc) is 3.62. The van der Waals surface area contributed by atoms with Gasteiger partial charge in [0.2, 0.25) is 0 Å². The van der Waals surface area contributed by atoms with Gasteiger partial charge in [0.1, 0.15) is 24.7 Å². The van der Waals surface area contributed by atoms with E-state index in [1.54, 1.807) is 36.4 Å². The van der Waals surface area contributed by atoms with Crippen LogP contribution in [0.2, 0.25) is 0 Å². The van der Waals surface area contributed by atoms with E-state index in [2.05, 4.69) is 62.0 Å². The summed E-state index contributed by atoms with van der Waals surface area (Å²) in [7, 11) is 6.09. The zero-order valence-corrected chi connectivity index (χ0v) is 43.0. The lowest BCUT2D eigenvalue weighted by atomic mass is 10.0. The van der Waals surface area contributed by atoms with E-state index < -0.39 is 23.8 Å². The third-order valence-electron chi connectivity index (χ3n) is 13.9. The van der Waals surface area contributed by atoms with Crippen molar-refractivity contribution in [2.75, 3.05) is 34.4 Å². The number of nitrogens with zero attached hydrogens (tertiary/aromatic N) is 2. The first kappa shape index (κ1) is 60.0. The Balaban J connectivity index is 0.000000311. The number of methoxy groups -OCH3 is 1. The maximum atomic E-state index is 11.8. The van der Waals surface area contributed by atoms with Gasteiger partial charge in [0.25, 0.3) is 0 Å². The van der Waals surface area contributed by atoms with Crippen LogP contribution in [0.25, 0.3) is 0 Å². The number of carbonyl (C=O) groups is 4. The number of hydrogen-bond donors (Lipinski definition) is 2. The fraction of sp³-hybridized carbons (Fsp3) is 0.655. The minimum absolute atomic E-state index is 0.120. The summed E-state index contributed by atoms with van der Waals surface area (Å²) in [5.41, 5.74) is 1.42. The molecule has 4 saturated heterocycles. The molecule has 0 amide bonds. The summed E-state index contributed by atoms with van der Waals surface area (Å²) in [5.74, 6) is -3.55. The number of rotatable bonds is 25. The molecule has 68 heavy (non-hydrogen) atoms. The fourth-order valence-corrected chi connectivity index (χ4v) is 9.63. The van der Waals surface area contributed by atoms with Crippen molar-refractivity contribution in [2.24, 2.45) is 0 Å². The second-order valence-electron chi connectivity index (χ2n) is 19.0. The number of hydrogen-bond acceptors (Lipinski definition) is 8. The Labute approximate surface area is 412 Å². The first-order chi connectivity index (χ1) is 33.1. The number of unbranched alkanes of at least 4 members (excludes halogenated alkanes) is 11. The molecule has 0 aliphatic carbocycles. The number of aldehydes is 1. The summed E-state index contributed by atoms with van der Waals surface area (Å²) in [5, 5.41) is 18.2. The summed E-state index contributed by atoms with van der Waals surface area (Å²) < 4.78 is 9.99. The van der Waals surface area contributed by atoms with Crippen molar-refractivity contribution in [1.82, 2.24) is 9.80 Å². The second-order valence-corrected chi connectivity index (χ2v) is 19.0. The summed E-state index contributed by atoms with van der Waals surface area (Å²) in [4.78, 5) is 49.1. The number of fused-ring (bicyclic) bond motifs is 4. The molecular formula is C58H92N2O8. The van der Waals surface area contributed by atoms with E-state index in [0.717, 1.165) is 68.1 Å². The first-order valence-corrected chi connectivity index (χ1v) is 26.4. The van der Waals surface area contributed by atoms with E-state index in [-0.39, 0.29) is 19.2 Å². The molecule has 6 rings (SSSR count). The topological polar surface area (TPSA) is 134 Å². The highest BCUT2D eigenvalue weighted by Crippen LogP contribution is 2.34. The Bertz CT molecular complexity index is 1590.